The van der Waals surface area contributed by atoms with Gasteiger partial charge in [0.15, 0.2) is 11.5 Å². The van der Waals surface area contributed by atoms with Gasteiger partial charge in [-0.05, 0) is 56.6 Å². The number of hydrogen-bond donors (Lipinski definition) is 1. The molecule has 1 aliphatic rings. The first-order valence-corrected chi connectivity index (χ1v) is 11.1. The molecule has 0 unspecified atom stereocenters. The number of sulfonamides is 1. The molecule has 1 N–H and O–H groups in total. The number of benzene rings is 2. The lowest BCUT2D eigenvalue weighted by molar-refractivity contribution is 0.204. The summed E-state index contributed by atoms with van der Waals surface area (Å²) in [5, 5.41) is 0. The minimum absolute atomic E-state index is 0.306. The number of likely N-dealkylation sites (tertiary alicyclic amines) is 1. The third kappa shape index (κ3) is 4.11. The van der Waals surface area contributed by atoms with Crippen molar-refractivity contribution < 1.29 is 12.8 Å². The van der Waals surface area contributed by atoms with Crippen molar-refractivity contribution in [1.82, 2.24) is 14.6 Å². The highest BCUT2D eigenvalue weighted by molar-refractivity contribution is 7.89. The number of hydrogen-bond acceptors (Lipinski definition) is 5. The highest BCUT2D eigenvalue weighted by Gasteiger charge is 2.25. The van der Waals surface area contributed by atoms with Gasteiger partial charge >= 0.3 is 0 Å². The predicted molar refractivity (Wildman–Crippen MR) is 109 cm³/mol. The SMILES string of the molecule is Cc1cccc2nc(C3CCN(CCNS(=O)(=O)c4ccccc4)CC3)oc12. The Morgan fingerprint density at radius 2 is 1.86 bits per heavy atom. The second-order valence-corrected chi connectivity index (χ2v) is 9.07. The van der Waals surface area contributed by atoms with Crippen LogP contribution in [0, 0.1) is 6.92 Å². The van der Waals surface area contributed by atoms with Crippen LogP contribution in [-0.2, 0) is 10.0 Å². The van der Waals surface area contributed by atoms with Crippen LogP contribution in [0.4, 0.5) is 0 Å². The molecule has 3 aromatic rings. The highest BCUT2D eigenvalue weighted by Crippen LogP contribution is 2.30. The van der Waals surface area contributed by atoms with Gasteiger partial charge in [0.05, 0.1) is 4.90 Å². The maximum atomic E-state index is 12.3. The van der Waals surface area contributed by atoms with Crippen LogP contribution in [-0.4, -0.2) is 44.5 Å². The first-order valence-electron chi connectivity index (χ1n) is 9.66. The molecule has 0 amide bonds. The fourth-order valence-electron chi connectivity index (χ4n) is 3.70. The molecule has 0 aliphatic carbocycles. The van der Waals surface area contributed by atoms with E-state index in [1.807, 2.05) is 25.1 Å². The minimum atomic E-state index is -3.44. The molecule has 1 aromatic heterocycles. The molecule has 0 spiro atoms. The molecule has 1 saturated heterocycles. The summed E-state index contributed by atoms with van der Waals surface area (Å²) in [4.78, 5) is 7.27. The Morgan fingerprint density at radius 1 is 1.11 bits per heavy atom. The number of nitrogens with one attached hydrogen (secondary N) is 1. The van der Waals surface area contributed by atoms with Crippen molar-refractivity contribution in [3.63, 3.8) is 0 Å². The van der Waals surface area contributed by atoms with Crippen molar-refractivity contribution in [2.75, 3.05) is 26.2 Å². The molecule has 0 atom stereocenters. The molecular formula is C21H25N3O3S. The summed E-state index contributed by atoms with van der Waals surface area (Å²) in [6.45, 7) is 4.97. The fraction of sp³-hybridized carbons (Fsp3) is 0.381. The van der Waals surface area contributed by atoms with E-state index in [1.54, 1.807) is 30.3 Å². The van der Waals surface area contributed by atoms with Crippen molar-refractivity contribution in [3.05, 3.63) is 60.0 Å². The molecule has 0 saturated carbocycles. The van der Waals surface area contributed by atoms with Gasteiger partial charge in [0.2, 0.25) is 10.0 Å². The van der Waals surface area contributed by atoms with Crippen molar-refractivity contribution >= 4 is 21.1 Å². The van der Waals surface area contributed by atoms with E-state index in [1.165, 1.54) is 0 Å². The summed E-state index contributed by atoms with van der Waals surface area (Å²) < 4.78 is 33.3. The topological polar surface area (TPSA) is 75.4 Å². The van der Waals surface area contributed by atoms with Crippen LogP contribution < -0.4 is 4.72 Å². The summed E-state index contributed by atoms with van der Waals surface area (Å²) in [6.07, 6.45) is 1.94. The average molecular weight is 400 g/mol. The van der Waals surface area contributed by atoms with E-state index in [-0.39, 0.29) is 0 Å². The van der Waals surface area contributed by atoms with E-state index >= 15 is 0 Å². The van der Waals surface area contributed by atoms with Gasteiger partial charge in [-0.15, -0.1) is 0 Å². The zero-order valence-electron chi connectivity index (χ0n) is 16.0. The maximum absolute atomic E-state index is 12.3. The number of oxazole rings is 1. The van der Waals surface area contributed by atoms with Gasteiger partial charge in [0.25, 0.3) is 0 Å². The van der Waals surface area contributed by atoms with Crippen LogP contribution in [0.25, 0.3) is 11.1 Å². The van der Waals surface area contributed by atoms with Gasteiger partial charge in [0, 0.05) is 19.0 Å². The van der Waals surface area contributed by atoms with Gasteiger partial charge < -0.3 is 9.32 Å². The number of aromatic nitrogens is 1. The molecular weight excluding hydrogens is 374 g/mol. The van der Waals surface area contributed by atoms with Crippen molar-refractivity contribution in [2.24, 2.45) is 0 Å². The Labute approximate surface area is 165 Å². The molecule has 4 rings (SSSR count). The smallest absolute Gasteiger partial charge is 0.240 e. The van der Waals surface area contributed by atoms with Crippen LogP contribution in [0.2, 0.25) is 0 Å². The normalized spacial score (nSPS) is 16.6. The van der Waals surface area contributed by atoms with Gasteiger partial charge in [-0.25, -0.2) is 18.1 Å². The molecule has 0 radical (unpaired) electrons. The Morgan fingerprint density at radius 3 is 2.57 bits per heavy atom. The van der Waals surface area contributed by atoms with Gasteiger partial charge in [0.1, 0.15) is 5.52 Å². The van der Waals surface area contributed by atoms with E-state index in [2.05, 4.69) is 14.6 Å². The number of para-hydroxylation sites is 1. The lowest BCUT2D eigenvalue weighted by Crippen LogP contribution is -2.39. The van der Waals surface area contributed by atoms with Crippen molar-refractivity contribution in [3.8, 4) is 0 Å². The third-order valence-corrected chi connectivity index (χ3v) is 6.82. The summed E-state index contributed by atoms with van der Waals surface area (Å²) in [6, 6.07) is 14.5. The monoisotopic (exact) mass is 399 g/mol. The van der Waals surface area contributed by atoms with Gasteiger partial charge in [-0.2, -0.15) is 0 Å². The lowest BCUT2D eigenvalue weighted by Gasteiger charge is -2.30. The summed E-state index contributed by atoms with van der Waals surface area (Å²) in [7, 11) is -3.44. The Hall–Kier alpha value is -2.22. The number of rotatable bonds is 6. The fourth-order valence-corrected chi connectivity index (χ4v) is 4.75. The van der Waals surface area contributed by atoms with E-state index < -0.39 is 10.0 Å². The van der Waals surface area contributed by atoms with Crippen molar-refractivity contribution in [2.45, 2.75) is 30.6 Å². The average Bonchev–Trinajstić information content (AvgIpc) is 3.15. The summed E-state index contributed by atoms with van der Waals surface area (Å²) in [5.41, 5.74) is 2.92. The van der Waals surface area contributed by atoms with Crippen LogP contribution in [0.15, 0.2) is 57.8 Å². The zero-order chi connectivity index (χ0) is 19.6. The molecule has 1 fully saturated rings. The molecule has 0 bridgehead atoms. The molecule has 2 aromatic carbocycles. The Balaban J connectivity index is 1.29. The number of fused-ring (bicyclic) bond motifs is 1. The van der Waals surface area contributed by atoms with Crippen molar-refractivity contribution in [1.29, 1.82) is 0 Å². The Bertz CT molecular complexity index is 1040. The number of nitrogens with zero attached hydrogens (tertiary/aromatic N) is 2. The summed E-state index contributed by atoms with van der Waals surface area (Å²) in [5.74, 6) is 1.15. The standard InChI is InChI=1S/C21H25N3O3S/c1-16-6-5-9-19-20(16)27-21(23-19)17-10-13-24(14-11-17)15-12-22-28(25,26)18-7-3-2-4-8-18/h2-9,17,22H,10-15H2,1H3. The van der Waals surface area contributed by atoms with Crippen LogP contribution in [0.5, 0.6) is 0 Å². The molecule has 28 heavy (non-hydrogen) atoms. The largest absolute Gasteiger partial charge is 0.440 e. The van der Waals surface area contributed by atoms with E-state index in [4.69, 9.17) is 4.42 Å². The predicted octanol–water partition coefficient (Wildman–Crippen LogP) is 3.29. The molecule has 7 heteroatoms. The number of piperidine rings is 1. The lowest BCUT2D eigenvalue weighted by atomic mass is 9.97. The summed E-state index contributed by atoms with van der Waals surface area (Å²) >= 11 is 0. The second-order valence-electron chi connectivity index (χ2n) is 7.30. The zero-order valence-corrected chi connectivity index (χ0v) is 16.8. The maximum Gasteiger partial charge on any atom is 0.240 e. The third-order valence-electron chi connectivity index (χ3n) is 5.34. The molecule has 1 aliphatic heterocycles. The second kappa shape index (κ2) is 8.03. The van der Waals surface area contributed by atoms with E-state index in [0.717, 1.165) is 48.5 Å². The quantitative estimate of drug-likeness (QED) is 0.688. The first-order chi connectivity index (χ1) is 13.5. The number of aryl methyl sites for hydroxylation is 1. The molecule has 2 heterocycles. The molecule has 6 nitrogen and oxygen atoms in total. The van der Waals surface area contributed by atoms with Gasteiger partial charge in [-0.3, -0.25) is 0 Å². The van der Waals surface area contributed by atoms with Crippen LogP contribution >= 0.6 is 0 Å². The van der Waals surface area contributed by atoms with E-state index in [0.29, 0.717) is 23.9 Å². The molecule has 148 valence electrons. The Kier molecular flexibility index (Phi) is 5.48. The highest BCUT2D eigenvalue weighted by atomic mass is 32.2. The van der Waals surface area contributed by atoms with E-state index in [9.17, 15) is 8.42 Å². The van der Waals surface area contributed by atoms with Crippen LogP contribution in [0.3, 0.4) is 0 Å². The van der Waals surface area contributed by atoms with Gasteiger partial charge in [-0.1, -0.05) is 30.3 Å². The van der Waals surface area contributed by atoms with Crippen LogP contribution in [0.1, 0.15) is 30.2 Å². The first kappa shape index (κ1) is 19.1. The minimum Gasteiger partial charge on any atom is -0.440 e.